The van der Waals surface area contributed by atoms with E-state index in [1.54, 1.807) is 0 Å². The molecule has 18 heavy (non-hydrogen) atoms. The van der Waals surface area contributed by atoms with Gasteiger partial charge in [0.2, 0.25) is 0 Å². The first kappa shape index (κ1) is 18.2. The van der Waals surface area contributed by atoms with Gasteiger partial charge in [-0.1, -0.05) is 100 Å². The monoisotopic (exact) mass is 368 g/mol. The Morgan fingerprint density at radius 2 is 1.28 bits per heavy atom. The van der Waals surface area contributed by atoms with Crippen LogP contribution in [-0.4, -0.2) is 15.0 Å². The summed E-state index contributed by atoms with van der Waals surface area (Å²) < 4.78 is -0.193. The summed E-state index contributed by atoms with van der Waals surface area (Å²) in [4.78, 5) is 10.6. The van der Waals surface area contributed by atoms with E-state index in [9.17, 15) is 4.79 Å². The van der Waals surface area contributed by atoms with Gasteiger partial charge in [0.05, 0.1) is 0 Å². The molecule has 0 aliphatic heterocycles. The predicted molar refractivity (Wildman–Crippen MR) is 86.5 cm³/mol. The van der Waals surface area contributed by atoms with Gasteiger partial charge < -0.3 is 5.11 Å². The van der Waals surface area contributed by atoms with Crippen LogP contribution < -0.4 is 0 Å². The topological polar surface area (TPSA) is 37.3 Å². The van der Waals surface area contributed by atoms with Crippen molar-refractivity contribution in [3.8, 4) is 0 Å². The molecule has 0 aromatic rings. The zero-order valence-corrected chi connectivity index (χ0v) is 14.0. The summed E-state index contributed by atoms with van der Waals surface area (Å²) in [6, 6.07) is 0. The van der Waals surface area contributed by atoms with E-state index in [1.807, 2.05) is 22.6 Å². The lowest BCUT2D eigenvalue weighted by Gasteiger charge is -2.04. The molecule has 2 nitrogen and oxygen atoms in total. The minimum absolute atomic E-state index is 0.193. The minimum Gasteiger partial charge on any atom is -0.480 e. The number of halogens is 1. The molecule has 0 aromatic carbocycles. The minimum atomic E-state index is -0.664. The van der Waals surface area contributed by atoms with Crippen LogP contribution in [0.1, 0.15) is 84.0 Å². The summed E-state index contributed by atoms with van der Waals surface area (Å²) in [7, 11) is 0. The molecule has 108 valence electrons. The fourth-order valence-corrected chi connectivity index (χ4v) is 2.55. The van der Waals surface area contributed by atoms with Crippen molar-refractivity contribution < 1.29 is 9.90 Å². The van der Waals surface area contributed by atoms with Gasteiger partial charge in [-0.3, -0.25) is 4.79 Å². The smallest absolute Gasteiger partial charge is 0.316 e. The maximum Gasteiger partial charge on any atom is 0.316 e. The van der Waals surface area contributed by atoms with Crippen molar-refractivity contribution in [3.63, 3.8) is 0 Å². The van der Waals surface area contributed by atoms with Gasteiger partial charge in [0.15, 0.2) is 0 Å². The Morgan fingerprint density at radius 1 is 0.889 bits per heavy atom. The Kier molecular flexibility index (Phi) is 13.8. The summed E-state index contributed by atoms with van der Waals surface area (Å²) in [5.41, 5.74) is 0. The lowest BCUT2D eigenvalue weighted by molar-refractivity contribution is -0.136. The maximum absolute atomic E-state index is 10.6. The van der Waals surface area contributed by atoms with Crippen LogP contribution in [0.25, 0.3) is 0 Å². The summed E-state index contributed by atoms with van der Waals surface area (Å²) in [6.07, 6.45) is 15.4. The van der Waals surface area contributed by atoms with Crippen molar-refractivity contribution in [1.82, 2.24) is 0 Å². The first-order valence-corrected chi connectivity index (χ1v) is 8.80. The highest BCUT2D eigenvalue weighted by molar-refractivity contribution is 14.1. The molecule has 0 radical (unpaired) electrons. The van der Waals surface area contributed by atoms with E-state index in [1.165, 1.54) is 64.2 Å². The molecule has 0 spiro atoms. The molecule has 1 N–H and O–H groups in total. The first-order chi connectivity index (χ1) is 8.68. The highest BCUT2D eigenvalue weighted by atomic mass is 127. The van der Waals surface area contributed by atoms with Gasteiger partial charge in [-0.25, -0.2) is 0 Å². The van der Waals surface area contributed by atoms with Crippen molar-refractivity contribution >= 4 is 28.6 Å². The third kappa shape index (κ3) is 12.7. The molecule has 0 heterocycles. The van der Waals surface area contributed by atoms with E-state index in [4.69, 9.17) is 5.11 Å². The molecule has 0 fully saturated rings. The van der Waals surface area contributed by atoms with Gasteiger partial charge in [-0.05, 0) is 6.42 Å². The van der Waals surface area contributed by atoms with Crippen LogP contribution in [0, 0.1) is 0 Å². The van der Waals surface area contributed by atoms with Crippen LogP contribution in [0.15, 0.2) is 0 Å². The third-order valence-corrected chi connectivity index (χ3v) is 4.48. The standard InChI is InChI=1S/C15H29IO2/c1-2-3-4-5-6-7-8-9-10-11-12-13-14(16)15(17)18/h14H,2-13H2,1H3,(H,17,18). The van der Waals surface area contributed by atoms with E-state index < -0.39 is 5.97 Å². The molecular weight excluding hydrogens is 339 g/mol. The van der Waals surface area contributed by atoms with Gasteiger partial charge in [0.1, 0.15) is 3.92 Å². The van der Waals surface area contributed by atoms with E-state index in [-0.39, 0.29) is 3.92 Å². The number of rotatable bonds is 13. The molecule has 0 rings (SSSR count). The van der Waals surface area contributed by atoms with Crippen LogP contribution in [0.4, 0.5) is 0 Å². The molecule has 3 heteroatoms. The van der Waals surface area contributed by atoms with Gasteiger partial charge in [-0.15, -0.1) is 0 Å². The number of hydrogen-bond donors (Lipinski definition) is 1. The highest BCUT2D eigenvalue weighted by Gasteiger charge is 2.11. The molecule has 0 aromatic heterocycles. The molecule has 1 unspecified atom stereocenters. The third-order valence-electron chi connectivity index (χ3n) is 3.33. The van der Waals surface area contributed by atoms with Gasteiger partial charge in [0.25, 0.3) is 0 Å². The number of carboxylic acids is 1. The van der Waals surface area contributed by atoms with Gasteiger partial charge in [-0.2, -0.15) is 0 Å². The number of unbranched alkanes of at least 4 members (excludes halogenated alkanes) is 10. The second-order valence-electron chi connectivity index (χ2n) is 5.13. The molecule has 0 saturated heterocycles. The van der Waals surface area contributed by atoms with Crippen LogP contribution in [0.5, 0.6) is 0 Å². The maximum atomic E-state index is 10.6. The van der Waals surface area contributed by atoms with Crippen LogP contribution in [-0.2, 0) is 4.79 Å². The molecule has 1 atom stereocenters. The van der Waals surface area contributed by atoms with E-state index in [0.29, 0.717) is 0 Å². The van der Waals surface area contributed by atoms with Crippen LogP contribution in [0.3, 0.4) is 0 Å². The summed E-state index contributed by atoms with van der Waals surface area (Å²) in [5.74, 6) is -0.664. The van der Waals surface area contributed by atoms with Crippen LogP contribution >= 0.6 is 22.6 Å². The molecule has 0 saturated carbocycles. The Bertz CT molecular complexity index is 195. The summed E-state index contributed by atoms with van der Waals surface area (Å²) in [5, 5.41) is 8.74. The van der Waals surface area contributed by atoms with Crippen molar-refractivity contribution in [3.05, 3.63) is 0 Å². The van der Waals surface area contributed by atoms with Crippen molar-refractivity contribution in [2.45, 2.75) is 87.9 Å². The first-order valence-electron chi connectivity index (χ1n) is 7.55. The Morgan fingerprint density at radius 3 is 1.67 bits per heavy atom. The van der Waals surface area contributed by atoms with Gasteiger partial charge in [0, 0.05) is 0 Å². The fraction of sp³-hybridized carbons (Fsp3) is 0.933. The molecular formula is C15H29IO2. The number of alkyl halides is 1. The van der Waals surface area contributed by atoms with E-state index in [0.717, 1.165) is 12.8 Å². The second-order valence-corrected chi connectivity index (χ2v) is 6.63. The van der Waals surface area contributed by atoms with E-state index >= 15 is 0 Å². The molecule has 0 amide bonds. The normalized spacial score (nSPS) is 12.6. The number of hydrogen-bond acceptors (Lipinski definition) is 1. The summed E-state index contributed by atoms with van der Waals surface area (Å²) >= 11 is 2.02. The average molecular weight is 368 g/mol. The van der Waals surface area contributed by atoms with Crippen LogP contribution in [0.2, 0.25) is 0 Å². The SMILES string of the molecule is CCCCCCCCCCCCCC(I)C(=O)O. The fourth-order valence-electron chi connectivity index (χ4n) is 2.11. The summed E-state index contributed by atoms with van der Waals surface area (Å²) in [6.45, 7) is 2.25. The second kappa shape index (κ2) is 13.6. The highest BCUT2D eigenvalue weighted by Crippen LogP contribution is 2.15. The number of carbonyl (C=O) groups is 1. The van der Waals surface area contributed by atoms with Crippen molar-refractivity contribution in [1.29, 1.82) is 0 Å². The van der Waals surface area contributed by atoms with E-state index in [2.05, 4.69) is 6.92 Å². The zero-order valence-electron chi connectivity index (χ0n) is 11.8. The Balaban J connectivity index is 3.05. The van der Waals surface area contributed by atoms with Crippen molar-refractivity contribution in [2.75, 3.05) is 0 Å². The molecule has 0 bridgehead atoms. The lowest BCUT2D eigenvalue weighted by Crippen LogP contribution is -2.11. The predicted octanol–water partition coefficient (Wildman–Crippen LogP) is 5.58. The van der Waals surface area contributed by atoms with Gasteiger partial charge >= 0.3 is 5.97 Å². The van der Waals surface area contributed by atoms with Crippen molar-refractivity contribution in [2.24, 2.45) is 0 Å². The quantitative estimate of drug-likeness (QED) is 0.262. The molecule has 0 aliphatic rings. The lowest BCUT2D eigenvalue weighted by atomic mass is 10.0. The zero-order chi connectivity index (χ0) is 13.6. The number of carboxylic acid groups (broad SMARTS) is 1. The molecule has 0 aliphatic carbocycles. The Hall–Kier alpha value is 0.200. The average Bonchev–Trinajstić information content (AvgIpc) is 2.35. The Labute approximate surface area is 126 Å². The number of aliphatic carboxylic acids is 1. The largest absolute Gasteiger partial charge is 0.480 e.